The zero-order valence-electron chi connectivity index (χ0n) is 11.7. The van der Waals surface area contributed by atoms with Gasteiger partial charge in [-0.25, -0.2) is 0 Å². The Morgan fingerprint density at radius 2 is 2.05 bits per heavy atom. The van der Waals surface area contributed by atoms with Gasteiger partial charge in [0.15, 0.2) is 0 Å². The van der Waals surface area contributed by atoms with Crippen molar-refractivity contribution in [3.05, 3.63) is 29.8 Å². The lowest BCUT2D eigenvalue weighted by Crippen LogP contribution is -2.41. The molecule has 0 bridgehead atoms. The first-order valence-electron chi connectivity index (χ1n) is 7.56. The number of carbonyl (C=O) groups is 1. The van der Waals surface area contributed by atoms with Gasteiger partial charge in [0.25, 0.3) is 0 Å². The molecule has 1 amide bonds. The van der Waals surface area contributed by atoms with E-state index in [-0.39, 0.29) is 12.0 Å². The zero-order chi connectivity index (χ0) is 13.8. The van der Waals surface area contributed by atoms with Crippen molar-refractivity contribution in [1.29, 1.82) is 0 Å². The highest BCUT2D eigenvalue weighted by Gasteiger charge is 2.22. The van der Waals surface area contributed by atoms with Crippen LogP contribution >= 0.6 is 0 Å². The fourth-order valence-corrected chi connectivity index (χ4v) is 3.02. The predicted molar refractivity (Wildman–Crippen MR) is 77.8 cm³/mol. The molecular weight excluding hydrogens is 252 g/mol. The first-order valence-corrected chi connectivity index (χ1v) is 7.56. The maximum atomic E-state index is 11.8. The Hall–Kier alpha value is -1.55. The topological polar surface area (TPSA) is 50.4 Å². The molecule has 0 saturated heterocycles. The molecule has 1 atom stereocenters. The molecule has 108 valence electrons. The van der Waals surface area contributed by atoms with E-state index in [0.717, 1.165) is 12.2 Å². The van der Waals surface area contributed by atoms with E-state index in [0.29, 0.717) is 19.1 Å². The van der Waals surface area contributed by atoms with Gasteiger partial charge in [-0.3, -0.25) is 4.79 Å². The number of benzene rings is 1. The van der Waals surface area contributed by atoms with Gasteiger partial charge in [-0.2, -0.15) is 0 Å². The minimum absolute atomic E-state index is 0.0662. The van der Waals surface area contributed by atoms with Crippen LogP contribution in [-0.4, -0.2) is 31.1 Å². The lowest BCUT2D eigenvalue weighted by atomic mass is 10.1. The first kappa shape index (κ1) is 13.4. The predicted octanol–water partition coefficient (Wildman–Crippen LogP) is 1.64. The summed E-state index contributed by atoms with van der Waals surface area (Å²) in [5, 5.41) is 6.28. The minimum atomic E-state index is 0.0662. The zero-order valence-corrected chi connectivity index (χ0v) is 11.7. The number of hydrogen-bond acceptors (Lipinski definition) is 3. The molecule has 0 spiro atoms. The maximum Gasteiger partial charge on any atom is 0.234 e. The third-order valence-corrected chi connectivity index (χ3v) is 4.15. The number of para-hydroxylation sites is 1. The van der Waals surface area contributed by atoms with Crippen LogP contribution in [0.5, 0.6) is 5.75 Å². The molecule has 1 heterocycles. The lowest BCUT2D eigenvalue weighted by molar-refractivity contribution is -0.120. The van der Waals surface area contributed by atoms with E-state index in [2.05, 4.69) is 16.7 Å². The molecule has 20 heavy (non-hydrogen) atoms. The number of carbonyl (C=O) groups excluding carboxylic acids is 1. The molecule has 4 nitrogen and oxygen atoms in total. The second kappa shape index (κ2) is 6.27. The van der Waals surface area contributed by atoms with Crippen molar-refractivity contribution in [2.24, 2.45) is 0 Å². The van der Waals surface area contributed by atoms with Crippen molar-refractivity contribution < 1.29 is 9.53 Å². The third kappa shape index (κ3) is 3.31. The van der Waals surface area contributed by atoms with Crippen molar-refractivity contribution in [2.45, 2.75) is 44.2 Å². The van der Waals surface area contributed by atoms with Gasteiger partial charge in [-0.05, 0) is 24.5 Å². The van der Waals surface area contributed by atoms with E-state index in [4.69, 9.17) is 4.74 Å². The Morgan fingerprint density at radius 1 is 1.25 bits per heavy atom. The summed E-state index contributed by atoms with van der Waals surface area (Å²) in [4.78, 5) is 11.8. The van der Waals surface area contributed by atoms with Gasteiger partial charge in [0.05, 0.1) is 13.1 Å². The number of amides is 1. The second-order valence-electron chi connectivity index (χ2n) is 5.72. The molecule has 1 aromatic rings. The summed E-state index contributed by atoms with van der Waals surface area (Å²) in [6.07, 6.45) is 5.93. The largest absolute Gasteiger partial charge is 0.488 e. The van der Waals surface area contributed by atoms with Crippen LogP contribution in [-0.2, 0) is 11.2 Å². The fourth-order valence-electron chi connectivity index (χ4n) is 3.02. The average molecular weight is 274 g/mol. The van der Waals surface area contributed by atoms with E-state index in [1.807, 2.05) is 18.2 Å². The Balaban J connectivity index is 1.36. The van der Waals surface area contributed by atoms with E-state index in [1.54, 1.807) is 0 Å². The molecule has 3 rings (SSSR count). The highest BCUT2D eigenvalue weighted by molar-refractivity contribution is 5.78. The quantitative estimate of drug-likeness (QED) is 0.858. The van der Waals surface area contributed by atoms with Crippen molar-refractivity contribution >= 4 is 5.91 Å². The first-order chi connectivity index (χ1) is 9.81. The van der Waals surface area contributed by atoms with Crippen LogP contribution in [0.25, 0.3) is 0 Å². The smallest absolute Gasteiger partial charge is 0.234 e. The molecular formula is C16H22N2O2. The standard InChI is InChI=1S/C16H22N2O2/c19-16(11-17-13-6-2-3-7-13)18-10-14-9-12-5-1-4-8-15(12)20-14/h1,4-5,8,13-14,17H,2-3,6-7,9-11H2,(H,18,19). The lowest BCUT2D eigenvalue weighted by Gasteiger charge is -2.14. The van der Waals surface area contributed by atoms with Crippen molar-refractivity contribution in [3.8, 4) is 5.75 Å². The Morgan fingerprint density at radius 3 is 2.85 bits per heavy atom. The van der Waals surface area contributed by atoms with Gasteiger partial charge in [-0.1, -0.05) is 31.0 Å². The summed E-state index contributed by atoms with van der Waals surface area (Å²) in [5.41, 5.74) is 1.23. The summed E-state index contributed by atoms with van der Waals surface area (Å²) in [6.45, 7) is 1.00. The maximum absolute atomic E-state index is 11.8. The molecule has 1 aliphatic heterocycles. The van der Waals surface area contributed by atoms with Gasteiger partial charge in [0.1, 0.15) is 11.9 Å². The molecule has 1 aliphatic carbocycles. The van der Waals surface area contributed by atoms with E-state index >= 15 is 0 Å². The summed E-state index contributed by atoms with van der Waals surface area (Å²) in [5.74, 6) is 1.02. The molecule has 1 saturated carbocycles. The van der Waals surface area contributed by atoms with Crippen molar-refractivity contribution in [1.82, 2.24) is 10.6 Å². The molecule has 1 aromatic carbocycles. The van der Waals surface area contributed by atoms with Gasteiger partial charge in [-0.15, -0.1) is 0 Å². The number of nitrogens with one attached hydrogen (secondary N) is 2. The third-order valence-electron chi connectivity index (χ3n) is 4.15. The van der Waals surface area contributed by atoms with Crippen molar-refractivity contribution in [2.75, 3.05) is 13.1 Å². The van der Waals surface area contributed by atoms with Crippen LogP contribution in [0, 0.1) is 0 Å². The average Bonchev–Trinajstić information content (AvgIpc) is 3.11. The van der Waals surface area contributed by atoms with Crippen molar-refractivity contribution in [3.63, 3.8) is 0 Å². The van der Waals surface area contributed by atoms with Crippen LogP contribution in [0.3, 0.4) is 0 Å². The van der Waals surface area contributed by atoms with Crippen LogP contribution in [0.2, 0.25) is 0 Å². The van der Waals surface area contributed by atoms with E-state index < -0.39 is 0 Å². The van der Waals surface area contributed by atoms with Crippen LogP contribution in [0.1, 0.15) is 31.2 Å². The van der Waals surface area contributed by atoms with Gasteiger partial charge < -0.3 is 15.4 Å². The van der Waals surface area contributed by atoms with Crippen LogP contribution in [0.15, 0.2) is 24.3 Å². The highest BCUT2D eigenvalue weighted by atomic mass is 16.5. The summed E-state index contributed by atoms with van der Waals surface area (Å²) >= 11 is 0. The Labute approximate surface area is 119 Å². The fraction of sp³-hybridized carbons (Fsp3) is 0.562. The monoisotopic (exact) mass is 274 g/mol. The molecule has 2 aliphatic rings. The molecule has 0 radical (unpaired) electrons. The Bertz CT molecular complexity index is 444. The van der Waals surface area contributed by atoms with E-state index in [1.165, 1.54) is 31.2 Å². The van der Waals surface area contributed by atoms with Gasteiger partial charge in [0, 0.05) is 12.5 Å². The van der Waals surface area contributed by atoms with Gasteiger partial charge in [0.2, 0.25) is 5.91 Å². The van der Waals surface area contributed by atoms with Crippen LogP contribution in [0.4, 0.5) is 0 Å². The number of rotatable bonds is 5. The molecule has 0 aromatic heterocycles. The van der Waals surface area contributed by atoms with Crippen LogP contribution < -0.4 is 15.4 Å². The summed E-state index contributed by atoms with van der Waals surface area (Å²) < 4.78 is 5.80. The number of ether oxygens (including phenoxy) is 1. The summed E-state index contributed by atoms with van der Waals surface area (Å²) in [7, 11) is 0. The highest BCUT2D eigenvalue weighted by Crippen LogP contribution is 2.27. The number of fused-ring (bicyclic) bond motifs is 1. The van der Waals surface area contributed by atoms with Gasteiger partial charge >= 0.3 is 0 Å². The molecule has 1 fully saturated rings. The van der Waals surface area contributed by atoms with E-state index in [9.17, 15) is 4.79 Å². The second-order valence-corrected chi connectivity index (χ2v) is 5.72. The Kier molecular flexibility index (Phi) is 4.21. The minimum Gasteiger partial charge on any atom is -0.488 e. The normalized spacial score (nSPS) is 21.5. The number of hydrogen-bond donors (Lipinski definition) is 2. The molecule has 1 unspecified atom stereocenters. The molecule has 2 N–H and O–H groups in total. The SMILES string of the molecule is O=C(CNC1CCCC1)NCC1Cc2ccccc2O1. The molecule has 4 heteroatoms. The summed E-state index contributed by atoms with van der Waals surface area (Å²) in [6, 6.07) is 8.60.